The van der Waals surface area contributed by atoms with E-state index < -0.39 is 9.84 Å². The maximum absolute atomic E-state index is 12.5. The summed E-state index contributed by atoms with van der Waals surface area (Å²) in [6, 6.07) is 9.57. The van der Waals surface area contributed by atoms with Crippen LogP contribution in [0.15, 0.2) is 58.2 Å². The zero-order chi connectivity index (χ0) is 18.6. The molecule has 2 heterocycles. The summed E-state index contributed by atoms with van der Waals surface area (Å²) in [5, 5.41) is 6.21. The number of nitrogens with one attached hydrogen (secondary N) is 1. The van der Waals surface area contributed by atoms with Crippen molar-refractivity contribution in [3.8, 4) is 11.5 Å². The highest BCUT2D eigenvalue weighted by atomic mass is 32.2. The Bertz CT molecular complexity index is 999. The number of amides is 1. The molecule has 0 spiro atoms. The third kappa shape index (κ3) is 4.12. The molecule has 0 saturated carbocycles. The summed E-state index contributed by atoms with van der Waals surface area (Å²) in [6.07, 6.45) is 3.13. The summed E-state index contributed by atoms with van der Waals surface area (Å²) in [5.74, 6) is 0.124. The van der Waals surface area contributed by atoms with Crippen LogP contribution in [0.25, 0.3) is 11.5 Å². The second-order valence-corrected chi connectivity index (χ2v) is 7.50. The zero-order valence-corrected chi connectivity index (χ0v) is 14.7. The fourth-order valence-electron chi connectivity index (χ4n) is 2.27. The predicted octanol–water partition coefficient (Wildman–Crippen LogP) is 1.39. The van der Waals surface area contributed by atoms with Gasteiger partial charge in [0.25, 0.3) is 5.89 Å². The summed E-state index contributed by atoms with van der Waals surface area (Å²) < 4.78 is 30.1. The Morgan fingerprint density at radius 3 is 2.62 bits per heavy atom. The molecule has 1 N–H and O–H groups in total. The highest BCUT2D eigenvalue weighted by Gasteiger charge is 2.17. The molecule has 2 aromatic heterocycles. The zero-order valence-electron chi connectivity index (χ0n) is 13.9. The molecule has 1 aromatic carbocycles. The molecule has 26 heavy (non-hydrogen) atoms. The van der Waals surface area contributed by atoms with Gasteiger partial charge in [0, 0.05) is 25.0 Å². The Morgan fingerprint density at radius 2 is 1.96 bits per heavy atom. The number of pyridine rings is 1. The van der Waals surface area contributed by atoms with Gasteiger partial charge in [0.15, 0.2) is 15.7 Å². The van der Waals surface area contributed by atoms with Gasteiger partial charge in [0.1, 0.15) is 0 Å². The summed E-state index contributed by atoms with van der Waals surface area (Å²) in [4.78, 5) is 19.6. The lowest BCUT2D eigenvalue weighted by Crippen LogP contribution is -2.20. The number of sulfone groups is 1. The highest BCUT2D eigenvalue weighted by Crippen LogP contribution is 2.22. The number of carbonyl (C=O) groups excluding carboxylic acids is 1. The Kier molecular flexibility index (Phi) is 5.08. The van der Waals surface area contributed by atoms with Gasteiger partial charge in [-0.15, -0.1) is 0 Å². The number of carbonyl (C=O) groups is 1. The van der Waals surface area contributed by atoms with Gasteiger partial charge in [-0.25, -0.2) is 8.42 Å². The first kappa shape index (κ1) is 17.7. The van der Waals surface area contributed by atoms with E-state index in [0.717, 1.165) is 0 Å². The van der Waals surface area contributed by atoms with Crippen LogP contribution in [0.1, 0.15) is 11.4 Å². The lowest BCUT2D eigenvalue weighted by Gasteiger charge is -2.05. The lowest BCUT2D eigenvalue weighted by molar-refractivity contribution is -0.120. The van der Waals surface area contributed by atoms with E-state index in [1.165, 1.54) is 25.4 Å². The summed E-state index contributed by atoms with van der Waals surface area (Å²) in [7, 11) is -1.96. The van der Waals surface area contributed by atoms with E-state index in [9.17, 15) is 13.2 Å². The number of rotatable bonds is 6. The summed E-state index contributed by atoms with van der Waals surface area (Å²) >= 11 is 0. The summed E-state index contributed by atoms with van der Waals surface area (Å²) in [6.45, 7) is 0. The van der Waals surface area contributed by atoms with Crippen LogP contribution in [0.4, 0.5) is 0 Å². The number of hydrogen-bond acceptors (Lipinski definition) is 7. The minimum absolute atomic E-state index is 0.0115. The average Bonchev–Trinajstić information content (AvgIpc) is 3.10. The molecule has 0 aliphatic rings. The number of nitrogens with zero attached hydrogens (tertiary/aromatic N) is 3. The number of aromatic nitrogens is 3. The normalized spacial score (nSPS) is 11.3. The van der Waals surface area contributed by atoms with E-state index in [0.29, 0.717) is 11.1 Å². The maximum Gasteiger partial charge on any atom is 0.257 e. The molecular weight excluding hydrogens is 356 g/mol. The van der Waals surface area contributed by atoms with Gasteiger partial charge in [-0.05, 0) is 35.9 Å². The van der Waals surface area contributed by atoms with E-state index in [4.69, 9.17) is 4.52 Å². The largest absolute Gasteiger partial charge is 0.359 e. The molecule has 3 rings (SSSR count). The minimum Gasteiger partial charge on any atom is -0.359 e. The van der Waals surface area contributed by atoms with E-state index in [2.05, 4.69) is 20.4 Å². The maximum atomic E-state index is 12.5. The minimum atomic E-state index is -3.49. The molecular formula is C17H16N4O4S. The molecule has 0 bridgehead atoms. The van der Waals surface area contributed by atoms with Crippen LogP contribution in [0.3, 0.4) is 0 Å². The number of hydrogen-bond donors (Lipinski definition) is 1. The van der Waals surface area contributed by atoms with Gasteiger partial charge in [-0.2, -0.15) is 4.98 Å². The van der Waals surface area contributed by atoms with Crippen molar-refractivity contribution in [2.75, 3.05) is 7.05 Å². The molecule has 134 valence electrons. The van der Waals surface area contributed by atoms with Crippen molar-refractivity contribution in [3.05, 3.63) is 60.2 Å². The van der Waals surface area contributed by atoms with Gasteiger partial charge in [0.2, 0.25) is 5.91 Å². The number of likely N-dealkylation sites (N-methyl/N-ethyl adjacent to an activating group) is 1. The third-order valence-corrected chi connectivity index (χ3v) is 5.31. The van der Waals surface area contributed by atoms with Crippen LogP contribution in [0.5, 0.6) is 0 Å². The van der Waals surface area contributed by atoms with Crippen molar-refractivity contribution < 1.29 is 17.7 Å². The molecule has 0 aliphatic carbocycles. The van der Waals surface area contributed by atoms with Crippen molar-refractivity contribution in [1.82, 2.24) is 20.4 Å². The fraction of sp³-hybridized carbons (Fsp3) is 0.176. The smallest absolute Gasteiger partial charge is 0.257 e. The van der Waals surface area contributed by atoms with E-state index in [1.807, 2.05) is 0 Å². The van der Waals surface area contributed by atoms with Crippen molar-refractivity contribution in [1.29, 1.82) is 0 Å². The Balaban J connectivity index is 1.77. The Hall–Kier alpha value is -3.07. The third-order valence-electron chi connectivity index (χ3n) is 3.61. The van der Waals surface area contributed by atoms with Crippen molar-refractivity contribution >= 4 is 15.7 Å². The topological polar surface area (TPSA) is 115 Å². The van der Waals surface area contributed by atoms with Gasteiger partial charge in [-0.3, -0.25) is 9.78 Å². The molecule has 1 amide bonds. The van der Waals surface area contributed by atoms with Crippen molar-refractivity contribution in [3.63, 3.8) is 0 Å². The van der Waals surface area contributed by atoms with Crippen LogP contribution in [0, 0.1) is 0 Å². The molecule has 0 unspecified atom stereocenters. The van der Waals surface area contributed by atoms with Crippen LogP contribution in [-0.2, 0) is 26.8 Å². The molecule has 0 atom stereocenters. The quantitative estimate of drug-likeness (QED) is 0.695. The molecule has 0 radical (unpaired) electrons. The van der Waals surface area contributed by atoms with Gasteiger partial charge < -0.3 is 9.84 Å². The molecule has 0 saturated heterocycles. The molecule has 3 aromatic rings. The second kappa shape index (κ2) is 7.44. The Labute approximate surface area is 150 Å². The molecule has 8 nitrogen and oxygen atoms in total. The Morgan fingerprint density at radius 1 is 1.19 bits per heavy atom. The van der Waals surface area contributed by atoms with Crippen LogP contribution >= 0.6 is 0 Å². The standard InChI is InChI=1S/C17H16N4O4S/c1-18-16(22)9-15-20-17(25-21-15)13-4-6-14(7-5-13)26(23,24)11-12-3-2-8-19-10-12/h2-8,10H,9,11H2,1H3,(H,18,22). The van der Waals surface area contributed by atoms with Crippen molar-refractivity contribution in [2.24, 2.45) is 0 Å². The number of benzene rings is 1. The first-order chi connectivity index (χ1) is 12.5. The van der Waals surface area contributed by atoms with Crippen molar-refractivity contribution in [2.45, 2.75) is 17.1 Å². The fourth-order valence-corrected chi connectivity index (χ4v) is 3.59. The molecule has 0 fully saturated rings. The summed E-state index contributed by atoms with van der Waals surface area (Å²) in [5.41, 5.74) is 1.19. The van der Waals surface area contributed by atoms with Gasteiger partial charge in [-0.1, -0.05) is 11.2 Å². The first-order valence-electron chi connectivity index (χ1n) is 7.73. The second-order valence-electron chi connectivity index (χ2n) is 5.51. The van der Waals surface area contributed by atoms with E-state index in [-0.39, 0.29) is 34.7 Å². The van der Waals surface area contributed by atoms with Gasteiger partial charge >= 0.3 is 0 Å². The highest BCUT2D eigenvalue weighted by molar-refractivity contribution is 7.90. The first-order valence-corrected chi connectivity index (χ1v) is 9.38. The lowest BCUT2D eigenvalue weighted by atomic mass is 10.2. The van der Waals surface area contributed by atoms with Crippen LogP contribution < -0.4 is 5.32 Å². The molecule has 0 aliphatic heterocycles. The van der Waals surface area contributed by atoms with Gasteiger partial charge in [0.05, 0.1) is 17.1 Å². The average molecular weight is 372 g/mol. The van der Waals surface area contributed by atoms with Crippen LogP contribution in [0.2, 0.25) is 0 Å². The predicted molar refractivity (Wildman–Crippen MR) is 92.6 cm³/mol. The SMILES string of the molecule is CNC(=O)Cc1noc(-c2ccc(S(=O)(=O)Cc3cccnc3)cc2)n1. The van der Waals surface area contributed by atoms with E-state index in [1.54, 1.807) is 30.5 Å². The van der Waals surface area contributed by atoms with E-state index >= 15 is 0 Å². The monoisotopic (exact) mass is 372 g/mol. The molecule has 9 heteroatoms. The van der Waals surface area contributed by atoms with Crippen LogP contribution in [-0.4, -0.2) is 36.5 Å².